The van der Waals surface area contributed by atoms with E-state index < -0.39 is 18.2 Å². The van der Waals surface area contributed by atoms with E-state index in [0.29, 0.717) is 6.54 Å². The number of H-pyrrole nitrogens is 2. The highest BCUT2D eigenvalue weighted by Crippen LogP contribution is 2.36. The molecule has 4 N–H and O–H groups in total. The third-order valence-corrected chi connectivity index (χ3v) is 11.1. The second-order valence-corrected chi connectivity index (χ2v) is 15.5. The molecule has 2 saturated heterocycles. The van der Waals surface area contributed by atoms with E-state index in [0.717, 1.165) is 95.2 Å². The van der Waals surface area contributed by atoms with E-state index in [1.165, 1.54) is 14.2 Å². The molecule has 0 saturated carbocycles. The molecule has 2 fully saturated rings. The van der Waals surface area contributed by atoms with Crippen molar-refractivity contribution in [1.29, 1.82) is 0 Å². The monoisotopic (exact) mass is 764 g/mol. The van der Waals surface area contributed by atoms with Gasteiger partial charge in [0.1, 0.15) is 29.0 Å². The van der Waals surface area contributed by atoms with E-state index in [1.807, 2.05) is 61.3 Å². The highest BCUT2D eigenvalue weighted by molar-refractivity contribution is 5.87. The van der Waals surface area contributed by atoms with E-state index in [2.05, 4.69) is 56.5 Å². The number of benzene rings is 2. The quantitative estimate of drug-likeness (QED) is 0.101. The molecule has 7 rings (SSSR count). The van der Waals surface area contributed by atoms with Crippen molar-refractivity contribution in [2.45, 2.75) is 77.5 Å². The van der Waals surface area contributed by atoms with Gasteiger partial charge in [-0.3, -0.25) is 9.69 Å². The topological polar surface area (TPSA) is 171 Å². The predicted octanol–water partition coefficient (Wildman–Crippen LogP) is 7.44. The molecule has 14 nitrogen and oxygen atoms in total. The molecule has 5 aromatic rings. The molecule has 3 amide bonds. The van der Waals surface area contributed by atoms with E-state index in [9.17, 15) is 14.4 Å². The number of methoxy groups -OCH3 is 2. The van der Waals surface area contributed by atoms with E-state index in [1.54, 1.807) is 6.20 Å². The molecule has 0 aliphatic carbocycles. The first-order chi connectivity index (χ1) is 27.0. The number of likely N-dealkylation sites (tertiary alicyclic amines) is 2. The van der Waals surface area contributed by atoms with Gasteiger partial charge in [0.05, 0.1) is 50.1 Å². The van der Waals surface area contributed by atoms with Crippen LogP contribution in [0, 0.1) is 11.8 Å². The first-order valence-corrected chi connectivity index (χ1v) is 19.5. The summed E-state index contributed by atoms with van der Waals surface area (Å²) in [5, 5.41) is 6.68. The Morgan fingerprint density at radius 3 is 2.07 bits per heavy atom. The molecule has 4 atom stereocenters. The highest BCUT2D eigenvalue weighted by atomic mass is 16.5. The molecular weight excluding hydrogens is 713 g/mol. The number of rotatable bonds is 12. The van der Waals surface area contributed by atoms with Crippen molar-refractivity contribution >= 4 is 29.1 Å². The highest BCUT2D eigenvalue weighted by Gasteiger charge is 2.37. The maximum Gasteiger partial charge on any atom is 0.407 e. The van der Waals surface area contributed by atoms with E-state index in [4.69, 9.17) is 18.9 Å². The minimum absolute atomic E-state index is 0.0285. The van der Waals surface area contributed by atoms with Gasteiger partial charge in [-0.05, 0) is 73.9 Å². The first-order valence-electron chi connectivity index (χ1n) is 19.5. The van der Waals surface area contributed by atoms with Crippen LogP contribution >= 0.6 is 0 Å². The lowest BCUT2D eigenvalue weighted by molar-refractivity contribution is -0.135. The first kappa shape index (κ1) is 38.6. The van der Waals surface area contributed by atoms with Crippen molar-refractivity contribution in [3.05, 3.63) is 72.6 Å². The number of hydrogen-bond donors (Lipinski definition) is 4. The van der Waals surface area contributed by atoms with Gasteiger partial charge in [-0.2, -0.15) is 0 Å². The van der Waals surface area contributed by atoms with Crippen LogP contribution in [0.15, 0.2) is 65.3 Å². The number of hydrogen-bond acceptors (Lipinski definition) is 9. The van der Waals surface area contributed by atoms with Gasteiger partial charge in [0.15, 0.2) is 0 Å². The zero-order valence-corrected chi connectivity index (χ0v) is 32.9. The number of ether oxygens (including phenoxy) is 2. The van der Waals surface area contributed by atoms with Crippen LogP contribution < -0.4 is 10.6 Å². The number of carbonyl (C=O) groups excluding carboxylic acids is 3. The predicted molar refractivity (Wildman–Crippen MR) is 212 cm³/mol. The lowest BCUT2D eigenvalue weighted by Gasteiger charge is -2.30. The summed E-state index contributed by atoms with van der Waals surface area (Å²) >= 11 is 0. The lowest BCUT2D eigenvalue weighted by Crippen LogP contribution is -2.51. The summed E-state index contributed by atoms with van der Waals surface area (Å²) < 4.78 is 15.9. The molecule has 14 heteroatoms. The van der Waals surface area contributed by atoms with Crippen molar-refractivity contribution < 1.29 is 28.3 Å². The minimum Gasteiger partial charge on any atom is -0.456 e. The van der Waals surface area contributed by atoms with E-state index in [-0.39, 0.29) is 35.9 Å². The smallest absolute Gasteiger partial charge is 0.407 e. The second-order valence-electron chi connectivity index (χ2n) is 15.5. The van der Waals surface area contributed by atoms with Crippen molar-refractivity contribution in [2.24, 2.45) is 11.8 Å². The van der Waals surface area contributed by atoms with Crippen molar-refractivity contribution in [3.63, 3.8) is 0 Å². The van der Waals surface area contributed by atoms with Crippen molar-refractivity contribution in [1.82, 2.24) is 40.4 Å². The zero-order chi connectivity index (χ0) is 39.5. The number of fused-ring (bicyclic) bond motifs is 1. The second kappa shape index (κ2) is 16.6. The molecule has 2 aliphatic heterocycles. The van der Waals surface area contributed by atoms with Crippen LogP contribution in [-0.4, -0.2) is 93.8 Å². The number of amides is 3. The summed E-state index contributed by atoms with van der Waals surface area (Å²) in [7, 11) is 2.69. The fraction of sp³-hybridized carbons (Fsp3) is 0.452. The number of alkyl carbamates (subject to hydrolysis) is 2. The summed E-state index contributed by atoms with van der Waals surface area (Å²) in [5.74, 6) is 2.43. The van der Waals surface area contributed by atoms with Crippen LogP contribution in [0.5, 0.6) is 0 Å². The Hall–Kier alpha value is -5.63. The van der Waals surface area contributed by atoms with Crippen LogP contribution in [-0.2, 0) is 14.3 Å². The van der Waals surface area contributed by atoms with Gasteiger partial charge in [-0.1, -0.05) is 52.0 Å². The number of imidazole rings is 2. The van der Waals surface area contributed by atoms with Gasteiger partial charge in [0.25, 0.3) is 0 Å². The number of furan rings is 1. The van der Waals surface area contributed by atoms with Gasteiger partial charge < -0.3 is 39.4 Å². The van der Waals surface area contributed by atoms with Crippen LogP contribution in [0.2, 0.25) is 0 Å². The fourth-order valence-electron chi connectivity index (χ4n) is 7.91. The van der Waals surface area contributed by atoms with Gasteiger partial charge in [0, 0.05) is 35.6 Å². The average Bonchev–Trinajstić information content (AvgIpc) is 4.05. The largest absolute Gasteiger partial charge is 0.456 e. The molecule has 2 aromatic carbocycles. The summed E-state index contributed by atoms with van der Waals surface area (Å²) in [6.45, 7) is 10.3. The van der Waals surface area contributed by atoms with E-state index >= 15 is 0 Å². The molecule has 0 spiro atoms. The molecular formula is C42H52N8O6. The minimum atomic E-state index is -0.686. The number of aromatic nitrogens is 4. The normalized spacial score (nSPS) is 18.5. The summed E-state index contributed by atoms with van der Waals surface area (Å²) in [6, 6.07) is 15.6. The maximum atomic E-state index is 13.6. The van der Waals surface area contributed by atoms with Crippen LogP contribution in [0.3, 0.4) is 0 Å². The molecule has 0 bridgehead atoms. The van der Waals surface area contributed by atoms with Crippen LogP contribution in [0.25, 0.3) is 44.8 Å². The van der Waals surface area contributed by atoms with Crippen LogP contribution in [0.1, 0.15) is 77.1 Å². The molecule has 56 heavy (non-hydrogen) atoms. The lowest BCUT2D eigenvalue weighted by atomic mass is 10.0. The molecule has 0 unspecified atom stereocenters. The average molecular weight is 765 g/mol. The Bertz CT molecular complexity index is 2150. The Labute approximate surface area is 326 Å². The van der Waals surface area contributed by atoms with Crippen LogP contribution in [0.4, 0.5) is 9.59 Å². The molecule has 2 aliphatic rings. The summed E-state index contributed by atoms with van der Waals surface area (Å²) in [4.78, 5) is 58.2. The zero-order valence-electron chi connectivity index (χ0n) is 32.9. The number of aromatic amines is 2. The Morgan fingerprint density at radius 1 is 0.786 bits per heavy atom. The maximum absolute atomic E-state index is 13.6. The molecule has 0 radical (unpaired) electrons. The molecule has 5 heterocycles. The number of nitrogens with zero attached hydrogens (tertiary/aromatic N) is 4. The fourth-order valence-corrected chi connectivity index (χ4v) is 7.91. The van der Waals surface area contributed by atoms with Gasteiger partial charge in [-0.25, -0.2) is 19.6 Å². The SMILES string of the molecule is COC(=O)N[C@H](C(=O)N1CCC[C@H]1c1ncc(-c2ccc(-c3cc4cc(-c5cnc([C@@H]6CCCN6C[C@@H](NC(=O)OC)C(C)C)[nH]5)ccc4o3)cc2)[nH]1)C(C)C. The molecule has 296 valence electrons. The molecule has 3 aromatic heterocycles. The third-order valence-electron chi connectivity index (χ3n) is 11.1. The summed E-state index contributed by atoms with van der Waals surface area (Å²) in [5.41, 5.74) is 5.52. The Balaban J connectivity index is 1.02. The Morgan fingerprint density at radius 2 is 1.39 bits per heavy atom. The van der Waals surface area contributed by atoms with Crippen molar-refractivity contribution in [2.75, 3.05) is 33.9 Å². The Kier molecular flexibility index (Phi) is 11.5. The number of nitrogens with one attached hydrogen (secondary N) is 4. The number of carbonyl (C=O) groups is 3. The van der Waals surface area contributed by atoms with Gasteiger partial charge in [0.2, 0.25) is 5.91 Å². The van der Waals surface area contributed by atoms with Crippen molar-refractivity contribution in [3.8, 4) is 33.8 Å². The van der Waals surface area contributed by atoms with Gasteiger partial charge >= 0.3 is 12.2 Å². The van der Waals surface area contributed by atoms with Gasteiger partial charge in [-0.15, -0.1) is 0 Å². The standard InChI is InChI=1S/C42H52N8O6/c1-24(2)32(47-41(52)54-5)23-49-17-7-9-33(49)38-43-22-31(46-38)28-15-16-35-29(19-28)20-36(56-35)27-13-11-26(12-14-27)30-21-44-39(45-30)34-10-8-18-50(34)40(51)37(25(3)4)48-42(53)55-6/h11-16,19-22,24-25,32-34,37H,7-10,17-18,23H2,1-6H3,(H,43,46)(H,44,45)(H,47,52)(H,48,53)/t32-,33+,34+,37+/m1/s1. The third kappa shape index (κ3) is 8.15. The summed E-state index contributed by atoms with van der Waals surface area (Å²) in [6.07, 6.45) is 6.37.